The van der Waals surface area contributed by atoms with Crippen LogP contribution in [0.2, 0.25) is 0 Å². The maximum absolute atomic E-state index is 13.5. The van der Waals surface area contributed by atoms with Crippen LogP contribution in [0.3, 0.4) is 0 Å². The lowest BCUT2D eigenvalue weighted by molar-refractivity contribution is 0.103. The largest absolute Gasteiger partial charge is 0.496 e. The molecule has 0 aromatic heterocycles. The maximum atomic E-state index is 13.5. The van der Waals surface area contributed by atoms with Crippen molar-refractivity contribution in [3.05, 3.63) is 63.4 Å². The van der Waals surface area contributed by atoms with Crippen LogP contribution in [0.25, 0.3) is 0 Å². The van der Waals surface area contributed by atoms with Crippen molar-refractivity contribution in [2.24, 2.45) is 0 Å². The highest BCUT2D eigenvalue weighted by Crippen LogP contribution is 2.26. The molecule has 0 amide bonds. The summed E-state index contributed by atoms with van der Waals surface area (Å²) < 4.78 is 19.5. The van der Waals surface area contributed by atoms with Gasteiger partial charge in [0, 0.05) is 10.0 Å². The average Bonchev–Trinajstić information content (AvgIpc) is 2.41. The number of ketones is 1. The van der Waals surface area contributed by atoms with E-state index in [-0.39, 0.29) is 11.6 Å². The fourth-order valence-electron chi connectivity index (χ4n) is 1.74. The smallest absolute Gasteiger partial charge is 0.196 e. The van der Waals surface area contributed by atoms with Gasteiger partial charge in [-0.05, 0) is 36.8 Å². The van der Waals surface area contributed by atoms with E-state index in [0.29, 0.717) is 22.4 Å². The molecule has 0 saturated carbocycles. The molecule has 0 aliphatic heterocycles. The van der Waals surface area contributed by atoms with Crippen LogP contribution in [0, 0.1) is 12.7 Å². The van der Waals surface area contributed by atoms with Crippen molar-refractivity contribution in [2.75, 3.05) is 7.11 Å². The van der Waals surface area contributed by atoms with Gasteiger partial charge in [0.15, 0.2) is 5.78 Å². The van der Waals surface area contributed by atoms with Crippen LogP contribution >= 0.6 is 15.9 Å². The highest BCUT2D eigenvalue weighted by molar-refractivity contribution is 9.10. The molecule has 98 valence electrons. The number of hydrogen-bond acceptors (Lipinski definition) is 2. The van der Waals surface area contributed by atoms with E-state index in [4.69, 9.17) is 4.74 Å². The van der Waals surface area contributed by atoms with E-state index in [2.05, 4.69) is 15.9 Å². The highest BCUT2D eigenvalue weighted by atomic mass is 79.9. The predicted octanol–water partition coefficient (Wildman–Crippen LogP) is 4.14. The van der Waals surface area contributed by atoms with E-state index in [9.17, 15) is 9.18 Å². The molecule has 0 bridgehead atoms. The number of ether oxygens (including phenoxy) is 1. The molecule has 2 nitrogen and oxygen atoms in total. The Hall–Kier alpha value is -1.68. The summed E-state index contributed by atoms with van der Waals surface area (Å²) in [5.41, 5.74) is 1.23. The zero-order valence-electron chi connectivity index (χ0n) is 10.5. The SMILES string of the molecule is COc1cc(Br)ccc1C(=O)c1ccc(C)c(F)c1. The first kappa shape index (κ1) is 13.7. The molecule has 4 heteroatoms. The molecule has 0 atom stereocenters. The van der Waals surface area contributed by atoms with Gasteiger partial charge in [0.05, 0.1) is 12.7 Å². The minimum absolute atomic E-state index is 0.261. The van der Waals surface area contributed by atoms with E-state index in [1.54, 1.807) is 37.3 Å². The van der Waals surface area contributed by atoms with Crippen molar-refractivity contribution in [2.45, 2.75) is 6.92 Å². The van der Waals surface area contributed by atoms with Gasteiger partial charge >= 0.3 is 0 Å². The quantitative estimate of drug-likeness (QED) is 0.794. The number of halogens is 2. The second-order valence-electron chi connectivity index (χ2n) is 4.14. The number of benzene rings is 2. The summed E-state index contributed by atoms with van der Waals surface area (Å²) in [4.78, 5) is 12.3. The van der Waals surface area contributed by atoms with Gasteiger partial charge in [-0.3, -0.25) is 4.79 Å². The highest BCUT2D eigenvalue weighted by Gasteiger charge is 2.15. The third-order valence-electron chi connectivity index (χ3n) is 2.84. The van der Waals surface area contributed by atoms with Crippen LogP contribution in [0.4, 0.5) is 4.39 Å². The molecule has 2 aromatic rings. The van der Waals surface area contributed by atoms with Crippen molar-refractivity contribution < 1.29 is 13.9 Å². The Morgan fingerprint density at radius 2 is 1.95 bits per heavy atom. The van der Waals surface area contributed by atoms with E-state index >= 15 is 0 Å². The summed E-state index contributed by atoms with van der Waals surface area (Å²) in [5.74, 6) is -0.189. The van der Waals surface area contributed by atoms with Crippen molar-refractivity contribution >= 4 is 21.7 Å². The van der Waals surface area contributed by atoms with Crippen LogP contribution in [0.15, 0.2) is 40.9 Å². The number of aryl methyl sites for hydroxylation is 1. The minimum atomic E-state index is -0.387. The summed E-state index contributed by atoms with van der Waals surface area (Å²) in [6.07, 6.45) is 0. The van der Waals surface area contributed by atoms with Crippen molar-refractivity contribution in [1.29, 1.82) is 0 Å². The van der Waals surface area contributed by atoms with Gasteiger partial charge in [-0.15, -0.1) is 0 Å². The van der Waals surface area contributed by atoms with Gasteiger partial charge in [0.25, 0.3) is 0 Å². The van der Waals surface area contributed by atoms with E-state index < -0.39 is 0 Å². The molecular formula is C15H12BrFO2. The zero-order chi connectivity index (χ0) is 14.0. The number of hydrogen-bond donors (Lipinski definition) is 0. The van der Waals surface area contributed by atoms with E-state index in [1.165, 1.54) is 13.2 Å². The minimum Gasteiger partial charge on any atom is -0.496 e. The Bertz CT molecular complexity index is 638. The van der Waals surface area contributed by atoms with Gasteiger partial charge < -0.3 is 4.74 Å². The monoisotopic (exact) mass is 322 g/mol. The molecule has 0 spiro atoms. The molecule has 0 aliphatic carbocycles. The lowest BCUT2D eigenvalue weighted by atomic mass is 10.0. The summed E-state index contributed by atoms with van der Waals surface area (Å²) in [6, 6.07) is 9.57. The molecule has 2 rings (SSSR count). The number of carbonyl (C=O) groups is 1. The second kappa shape index (κ2) is 5.53. The molecular weight excluding hydrogens is 311 g/mol. The fourth-order valence-corrected chi connectivity index (χ4v) is 2.08. The molecule has 0 fully saturated rings. The molecule has 19 heavy (non-hydrogen) atoms. The first-order valence-electron chi connectivity index (χ1n) is 5.67. The lowest BCUT2D eigenvalue weighted by Crippen LogP contribution is -2.04. The Labute approximate surface area is 119 Å². The summed E-state index contributed by atoms with van der Waals surface area (Å²) in [7, 11) is 1.49. The van der Waals surface area contributed by atoms with Crippen molar-refractivity contribution in [3.8, 4) is 5.75 Å². The Balaban J connectivity index is 2.46. The topological polar surface area (TPSA) is 26.3 Å². The Kier molecular flexibility index (Phi) is 4.00. The molecule has 2 aromatic carbocycles. The van der Waals surface area contributed by atoms with Crippen LogP contribution in [0.5, 0.6) is 5.75 Å². The van der Waals surface area contributed by atoms with Crippen molar-refractivity contribution in [3.63, 3.8) is 0 Å². The second-order valence-corrected chi connectivity index (χ2v) is 5.05. The summed E-state index contributed by atoms with van der Waals surface area (Å²) >= 11 is 3.31. The lowest BCUT2D eigenvalue weighted by Gasteiger charge is -2.08. The fraction of sp³-hybridized carbons (Fsp3) is 0.133. The Morgan fingerprint density at radius 3 is 2.58 bits per heavy atom. The summed E-state index contributed by atoms with van der Waals surface area (Å²) in [5, 5.41) is 0. The first-order chi connectivity index (χ1) is 9.02. The number of rotatable bonds is 3. The standard InChI is InChI=1S/C15H12BrFO2/c1-9-3-4-10(7-13(9)17)15(18)12-6-5-11(16)8-14(12)19-2/h3-8H,1-2H3. The molecule has 0 aliphatic rings. The molecule has 0 saturated heterocycles. The predicted molar refractivity (Wildman–Crippen MR) is 75.3 cm³/mol. The summed E-state index contributed by atoms with van der Waals surface area (Å²) in [6.45, 7) is 1.66. The van der Waals surface area contributed by atoms with Gasteiger partial charge in [-0.25, -0.2) is 4.39 Å². The number of carbonyl (C=O) groups excluding carboxylic acids is 1. The van der Waals surface area contributed by atoms with Crippen molar-refractivity contribution in [1.82, 2.24) is 0 Å². The first-order valence-corrected chi connectivity index (χ1v) is 6.46. The molecule has 0 radical (unpaired) electrons. The van der Waals surface area contributed by atoms with Gasteiger partial charge in [0.2, 0.25) is 0 Å². The Morgan fingerprint density at radius 1 is 1.21 bits per heavy atom. The van der Waals surface area contributed by atoms with Gasteiger partial charge in [0.1, 0.15) is 11.6 Å². The average molecular weight is 323 g/mol. The van der Waals surface area contributed by atoms with Gasteiger partial charge in [-0.1, -0.05) is 28.1 Å². The van der Waals surface area contributed by atoms with Crippen LogP contribution in [-0.4, -0.2) is 12.9 Å². The van der Waals surface area contributed by atoms with Crippen LogP contribution < -0.4 is 4.74 Å². The van der Waals surface area contributed by atoms with Crippen LogP contribution in [0.1, 0.15) is 21.5 Å². The third kappa shape index (κ3) is 2.84. The molecule has 0 heterocycles. The van der Waals surface area contributed by atoms with Gasteiger partial charge in [-0.2, -0.15) is 0 Å². The molecule has 0 unspecified atom stereocenters. The normalized spacial score (nSPS) is 10.3. The molecule has 0 N–H and O–H groups in total. The third-order valence-corrected chi connectivity index (χ3v) is 3.34. The zero-order valence-corrected chi connectivity index (χ0v) is 12.1. The maximum Gasteiger partial charge on any atom is 0.196 e. The van der Waals surface area contributed by atoms with E-state index in [0.717, 1.165) is 4.47 Å². The number of methoxy groups -OCH3 is 1. The van der Waals surface area contributed by atoms with Crippen LogP contribution in [-0.2, 0) is 0 Å². The van der Waals surface area contributed by atoms with E-state index in [1.807, 2.05) is 0 Å².